The van der Waals surface area contributed by atoms with E-state index in [9.17, 15) is 18.0 Å². The maximum absolute atomic E-state index is 12.7. The minimum absolute atomic E-state index is 0.0676. The molecule has 0 spiro atoms. The highest BCUT2D eigenvalue weighted by molar-refractivity contribution is 6.33. The highest BCUT2D eigenvalue weighted by Crippen LogP contribution is 2.34. The lowest BCUT2D eigenvalue weighted by molar-refractivity contribution is -0.141. The number of rotatable bonds is 6. The van der Waals surface area contributed by atoms with Gasteiger partial charge in [0.15, 0.2) is 0 Å². The molecule has 0 aliphatic rings. The predicted molar refractivity (Wildman–Crippen MR) is 75.4 cm³/mol. The van der Waals surface area contributed by atoms with Gasteiger partial charge in [-0.1, -0.05) is 31.4 Å². The SMILES string of the molecule is CCCCC(Nc1cc(C(F)(F)F)ccc1Cl)C(=O)OC. The van der Waals surface area contributed by atoms with Gasteiger partial charge in [-0.05, 0) is 24.6 Å². The molecular weight excluding hydrogens is 307 g/mol. The van der Waals surface area contributed by atoms with Crippen molar-refractivity contribution in [1.29, 1.82) is 0 Å². The van der Waals surface area contributed by atoms with Crippen LogP contribution in [0.3, 0.4) is 0 Å². The third-order valence-corrected chi connectivity index (χ3v) is 3.29. The Bertz CT molecular complexity index is 492. The zero-order valence-corrected chi connectivity index (χ0v) is 12.5. The lowest BCUT2D eigenvalue weighted by Gasteiger charge is -2.19. The number of nitrogens with one attached hydrogen (secondary N) is 1. The first kappa shape index (κ1) is 17.6. The molecule has 1 aromatic rings. The molecule has 0 radical (unpaired) electrons. The van der Waals surface area contributed by atoms with Crippen molar-refractivity contribution < 1.29 is 22.7 Å². The van der Waals surface area contributed by atoms with Gasteiger partial charge in [-0.2, -0.15) is 13.2 Å². The van der Waals surface area contributed by atoms with Gasteiger partial charge < -0.3 is 10.1 Å². The van der Waals surface area contributed by atoms with Gasteiger partial charge >= 0.3 is 12.1 Å². The second-order valence-corrected chi connectivity index (χ2v) is 4.96. The van der Waals surface area contributed by atoms with Gasteiger partial charge in [0.2, 0.25) is 0 Å². The average Bonchev–Trinajstić information content (AvgIpc) is 2.43. The Kier molecular flexibility index (Phi) is 6.33. The molecule has 1 aromatic carbocycles. The zero-order valence-electron chi connectivity index (χ0n) is 11.8. The van der Waals surface area contributed by atoms with Crippen LogP contribution in [0.25, 0.3) is 0 Å². The van der Waals surface area contributed by atoms with E-state index in [4.69, 9.17) is 11.6 Å². The van der Waals surface area contributed by atoms with E-state index < -0.39 is 23.8 Å². The molecule has 0 aliphatic carbocycles. The van der Waals surface area contributed by atoms with Gasteiger partial charge in [0.1, 0.15) is 6.04 Å². The molecule has 1 atom stereocenters. The van der Waals surface area contributed by atoms with E-state index in [0.717, 1.165) is 31.0 Å². The van der Waals surface area contributed by atoms with Crippen LogP contribution in [-0.4, -0.2) is 19.1 Å². The number of anilines is 1. The first-order chi connectivity index (χ1) is 9.79. The van der Waals surface area contributed by atoms with Gasteiger partial charge in [-0.15, -0.1) is 0 Å². The lowest BCUT2D eigenvalue weighted by atomic mass is 10.1. The molecule has 3 nitrogen and oxygen atoms in total. The summed E-state index contributed by atoms with van der Waals surface area (Å²) in [5.74, 6) is -0.531. The molecule has 7 heteroatoms. The molecule has 21 heavy (non-hydrogen) atoms. The molecule has 0 heterocycles. The average molecular weight is 324 g/mol. The molecule has 0 saturated heterocycles. The second-order valence-electron chi connectivity index (χ2n) is 4.55. The molecule has 1 unspecified atom stereocenters. The number of alkyl halides is 3. The van der Waals surface area contributed by atoms with Crippen LogP contribution in [0, 0.1) is 0 Å². The topological polar surface area (TPSA) is 38.3 Å². The number of benzene rings is 1. The Morgan fingerprint density at radius 2 is 2.10 bits per heavy atom. The van der Waals surface area contributed by atoms with Crippen molar-refractivity contribution in [2.75, 3.05) is 12.4 Å². The van der Waals surface area contributed by atoms with Gasteiger partial charge in [-0.25, -0.2) is 4.79 Å². The van der Waals surface area contributed by atoms with Gasteiger partial charge in [0.25, 0.3) is 0 Å². The molecule has 0 aromatic heterocycles. The molecule has 0 saturated carbocycles. The van der Waals surface area contributed by atoms with Gasteiger partial charge in [-0.3, -0.25) is 0 Å². The van der Waals surface area contributed by atoms with Crippen molar-refractivity contribution in [2.45, 2.75) is 38.4 Å². The smallest absolute Gasteiger partial charge is 0.416 e. The molecule has 0 bridgehead atoms. The number of unbranched alkanes of at least 4 members (excludes halogenated alkanes) is 1. The Balaban J connectivity index is 2.99. The summed E-state index contributed by atoms with van der Waals surface area (Å²) in [7, 11) is 1.23. The molecule has 1 N–H and O–H groups in total. The predicted octanol–water partition coefficient (Wildman–Crippen LogP) is 4.50. The van der Waals surface area contributed by atoms with Crippen LogP contribution in [0.4, 0.5) is 18.9 Å². The fourth-order valence-electron chi connectivity index (χ4n) is 1.80. The van der Waals surface area contributed by atoms with Crippen LogP contribution in [0.15, 0.2) is 18.2 Å². The number of methoxy groups -OCH3 is 1. The molecule has 0 fully saturated rings. The monoisotopic (exact) mass is 323 g/mol. The molecular formula is C14H17ClF3NO2. The number of hydrogen-bond donors (Lipinski definition) is 1. The summed E-state index contributed by atoms with van der Waals surface area (Å²) >= 11 is 5.89. The number of halogens is 4. The standard InChI is InChI=1S/C14H17ClF3NO2/c1-3-4-5-11(13(20)21-2)19-12-8-9(14(16,17)18)6-7-10(12)15/h6-8,11,19H,3-5H2,1-2H3. The minimum Gasteiger partial charge on any atom is -0.467 e. The van der Waals surface area contributed by atoms with Crippen molar-refractivity contribution in [2.24, 2.45) is 0 Å². The van der Waals surface area contributed by atoms with E-state index in [1.807, 2.05) is 6.92 Å². The largest absolute Gasteiger partial charge is 0.467 e. The highest BCUT2D eigenvalue weighted by Gasteiger charge is 2.31. The van der Waals surface area contributed by atoms with Crippen molar-refractivity contribution in [1.82, 2.24) is 0 Å². The quantitative estimate of drug-likeness (QED) is 0.783. The number of esters is 1. The summed E-state index contributed by atoms with van der Waals surface area (Å²) in [5.41, 5.74) is -0.758. The fraction of sp³-hybridized carbons (Fsp3) is 0.500. The third kappa shape index (κ3) is 5.12. The van der Waals surface area contributed by atoms with Crippen LogP contribution in [0.5, 0.6) is 0 Å². The van der Waals surface area contributed by atoms with Crippen molar-refractivity contribution in [3.05, 3.63) is 28.8 Å². The van der Waals surface area contributed by atoms with Crippen molar-refractivity contribution in [3.63, 3.8) is 0 Å². The Hall–Kier alpha value is -1.43. The lowest BCUT2D eigenvalue weighted by Crippen LogP contribution is -2.30. The van der Waals surface area contributed by atoms with E-state index in [-0.39, 0.29) is 10.7 Å². The molecule has 0 amide bonds. The number of carbonyl (C=O) groups excluding carboxylic acids is 1. The van der Waals surface area contributed by atoms with E-state index in [2.05, 4.69) is 10.1 Å². The maximum atomic E-state index is 12.7. The van der Waals surface area contributed by atoms with Crippen molar-refractivity contribution in [3.8, 4) is 0 Å². The first-order valence-electron chi connectivity index (χ1n) is 6.50. The van der Waals surface area contributed by atoms with Crippen molar-refractivity contribution >= 4 is 23.3 Å². The summed E-state index contributed by atoms with van der Waals surface area (Å²) in [4.78, 5) is 11.7. The summed E-state index contributed by atoms with van der Waals surface area (Å²) in [5, 5.41) is 2.86. The summed E-state index contributed by atoms with van der Waals surface area (Å²) in [6.45, 7) is 1.95. The normalized spacial score (nSPS) is 12.9. The number of carbonyl (C=O) groups is 1. The molecule has 0 aliphatic heterocycles. The van der Waals surface area contributed by atoms with Crippen LogP contribution >= 0.6 is 11.6 Å². The van der Waals surface area contributed by atoms with E-state index in [0.29, 0.717) is 6.42 Å². The molecule has 1 rings (SSSR count). The number of hydrogen-bond acceptors (Lipinski definition) is 3. The third-order valence-electron chi connectivity index (χ3n) is 2.96. The Labute approximate surface area is 126 Å². The van der Waals surface area contributed by atoms with E-state index in [1.54, 1.807) is 0 Å². The van der Waals surface area contributed by atoms with Gasteiger partial charge in [0, 0.05) is 0 Å². The molecule has 118 valence electrons. The van der Waals surface area contributed by atoms with Crippen LogP contribution in [0.2, 0.25) is 5.02 Å². The van der Waals surface area contributed by atoms with E-state index >= 15 is 0 Å². The van der Waals surface area contributed by atoms with Gasteiger partial charge in [0.05, 0.1) is 23.4 Å². The van der Waals surface area contributed by atoms with Crippen LogP contribution in [-0.2, 0) is 15.7 Å². The first-order valence-corrected chi connectivity index (χ1v) is 6.88. The van der Waals surface area contributed by atoms with Crippen LogP contribution < -0.4 is 5.32 Å². The fourth-order valence-corrected chi connectivity index (χ4v) is 1.97. The summed E-state index contributed by atoms with van der Waals surface area (Å²) in [6, 6.07) is 2.22. The summed E-state index contributed by atoms with van der Waals surface area (Å²) < 4.78 is 42.8. The zero-order chi connectivity index (χ0) is 16.0. The van der Waals surface area contributed by atoms with Crippen LogP contribution in [0.1, 0.15) is 31.7 Å². The number of ether oxygens (including phenoxy) is 1. The maximum Gasteiger partial charge on any atom is 0.416 e. The Morgan fingerprint density at radius 3 is 2.62 bits per heavy atom. The summed E-state index contributed by atoms with van der Waals surface area (Å²) in [6.07, 6.45) is -2.42. The highest BCUT2D eigenvalue weighted by atomic mass is 35.5. The second kappa shape index (κ2) is 7.54. The van der Waals surface area contributed by atoms with E-state index in [1.165, 1.54) is 7.11 Å². The minimum atomic E-state index is -4.47. The Morgan fingerprint density at radius 1 is 1.43 bits per heavy atom.